The number of likely N-dealkylation sites (tertiary alicyclic amines) is 1. The lowest BCUT2D eigenvalue weighted by Crippen LogP contribution is -2.44. The molecule has 1 unspecified atom stereocenters. The molecule has 1 heterocycles. The van der Waals surface area contributed by atoms with Crippen molar-refractivity contribution in [1.29, 1.82) is 0 Å². The second-order valence-electron chi connectivity index (χ2n) is 5.53. The van der Waals surface area contributed by atoms with E-state index in [0.717, 1.165) is 18.5 Å². The minimum Gasteiger partial charge on any atom is -0.352 e. The highest BCUT2D eigenvalue weighted by Crippen LogP contribution is 2.15. The minimum atomic E-state index is -0.274. The van der Waals surface area contributed by atoms with Crippen LogP contribution >= 0.6 is 15.9 Å². The average Bonchev–Trinajstić information content (AvgIpc) is 2.98. The Kier molecular flexibility index (Phi) is 6.38. The molecule has 2 N–H and O–H groups in total. The molecule has 7 heteroatoms. The second kappa shape index (κ2) is 8.29. The molecule has 0 aromatic heterocycles. The number of hydrogen-bond donors (Lipinski definition) is 2. The largest absolute Gasteiger partial charge is 0.352 e. The smallest absolute Gasteiger partial charge is 0.222 e. The van der Waals surface area contributed by atoms with Crippen molar-refractivity contribution < 1.29 is 9.18 Å². The molecule has 1 aromatic rings. The maximum absolute atomic E-state index is 13.4. The molecule has 1 atom stereocenters. The molecule has 2 rings (SSSR count). The van der Waals surface area contributed by atoms with Crippen LogP contribution in [0.3, 0.4) is 0 Å². The van der Waals surface area contributed by atoms with E-state index in [1.54, 1.807) is 7.05 Å². The predicted octanol–water partition coefficient (Wildman–Crippen LogP) is 2.26. The fourth-order valence-corrected chi connectivity index (χ4v) is 3.13. The molecule has 1 aromatic carbocycles. The molecular formula is C16H22BrFN4O. The van der Waals surface area contributed by atoms with E-state index in [2.05, 4.69) is 31.6 Å². The molecule has 0 radical (unpaired) electrons. The number of guanidine groups is 1. The summed E-state index contributed by atoms with van der Waals surface area (Å²) in [6, 6.07) is 4.97. The minimum absolute atomic E-state index is 0.182. The van der Waals surface area contributed by atoms with Gasteiger partial charge in [-0.1, -0.05) is 22.9 Å². The normalized spacial score (nSPS) is 18.2. The quantitative estimate of drug-likeness (QED) is 0.618. The number of nitrogens with one attached hydrogen (secondary N) is 2. The molecule has 1 fully saturated rings. The van der Waals surface area contributed by atoms with Gasteiger partial charge in [0.15, 0.2) is 5.96 Å². The van der Waals surface area contributed by atoms with Crippen LogP contribution in [0.15, 0.2) is 27.7 Å². The average molecular weight is 385 g/mol. The van der Waals surface area contributed by atoms with Crippen LogP contribution in [-0.2, 0) is 11.3 Å². The lowest BCUT2D eigenvalue weighted by atomic mass is 10.2. The summed E-state index contributed by atoms with van der Waals surface area (Å²) in [4.78, 5) is 17.8. The van der Waals surface area contributed by atoms with E-state index in [9.17, 15) is 9.18 Å². The van der Waals surface area contributed by atoms with E-state index < -0.39 is 0 Å². The van der Waals surface area contributed by atoms with Gasteiger partial charge in [-0.3, -0.25) is 9.79 Å². The van der Waals surface area contributed by atoms with Gasteiger partial charge in [-0.05, 0) is 30.2 Å². The predicted molar refractivity (Wildman–Crippen MR) is 92.7 cm³/mol. The van der Waals surface area contributed by atoms with E-state index in [1.807, 2.05) is 17.9 Å². The highest BCUT2D eigenvalue weighted by Gasteiger charge is 2.25. The first-order valence-electron chi connectivity index (χ1n) is 7.71. The zero-order valence-corrected chi connectivity index (χ0v) is 15.0. The third-order valence-electron chi connectivity index (χ3n) is 3.79. The Labute approximate surface area is 144 Å². The van der Waals surface area contributed by atoms with E-state index in [4.69, 9.17) is 0 Å². The van der Waals surface area contributed by atoms with Gasteiger partial charge in [-0.2, -0.15) is 0 Å². The number of nitrogens with zero attached hydrogens (tertiary/aromatic N) is 2. The first-order chi connectivity index (χ1) is 11.0. The van der Waals surface area contributed by atoms with Crippen molar-refractivity contribution in [2.24, 2.45) is 4.99 Å². The molecule has 1 amide bonds. The Hall–Kier alpha value is -1.63. The molecule has 0 spiro atoms. The molecule has 0 bridgehead atoms. The van der Waals surface area contributed by atoms with Gasteiger partial charge in [0.1, 0.15) is 5.82 Å². The van der Waals surface area contributed by atoms with Crippen LogP contribution in [0.2, 0.25) is 0 Å². The lowest BCUT2D eigenvalue weighted by Gasteiger charge is -2.18. The molecule has 0 saturated carbocycles. The number of carbonyl (C=O) groups is 1. The summed E-state index contributed by atoms with van der Waals surface area (Å²) in [5, 5.41) is 6.49. The zero-order valence-electron chi connectivity index (χ0n) is 13.4. The first-order valence-corrected chi connectivity index (χ1v) is 8.51. The van der Waals surface area contributed by atoms with E-state index in [0.29, 0.717) is 29.9 Å². The van der Waals surface area contributed by atoms with Crippen LogP contribution in [0, 0.1) is 5.82 Å². The summed E-state index contributed by atoms with van der Waals surface area (Å²) in [6.45, 7) is 3.82. The molecule has 1 aliphatic heterocycles. The summed E-state index contributed by atoms with van der Waals surface area (Å²) in [5.41, 5.74) is 0.828. The zero-order chi connectivity index (χ0) is 16.8. The second-order valence-corrected chi connectivity index (χ2v) is 6.44. The number of amides is 1. The lowest BCUT2D eigenvalue weighted by molar-refractivity contribution is -0.129. The Morgan fingerprint density at radius 1 is 1.48 bits per heavy atom. The van der Waals surface area contributed by atoms with Crippen LogP contribution in [0.1, 0.15) is 25.3 Å². The monoisotopic (exact) mass is 384 g/mol. The third kappa shape index (κ3) is 5.20. The SMILES string of the molecule is CCC(=O)N1CCC(NC(=NC)NCc2cc(F)cc(Br)c2)C1. The van der Waals surface area contributed by atoms with Gasteiger partial charge in [0.25, 0.3) is 0 Å². The van der Waals surface area contributed by atoms with Crippen molar-refractivity contribution in [3.05, 3.63) is 34.1 Å². The third-order valence-corrected chi connectivity index (χ3v) is 4.25. The Morgan fingerprint density at radius 3 is 2.91 bits per heavy atom. The maximum atomic E-state index is 13.4. The van der Waals surface area contributed by atoms with Crippen molar-refractivity contribution in [1.82, 2.24) is 15.5 Å². The summed E-state index contributed by atoms with van der Waals surface area (Å²) >= 11 is 3.28. The molecule has 23 heavy (non-hydrogen) atoms. The van der Waals surface area contributed by atoms with Gasteiger partial charge in [0.2, 0.25) is 5.91 Å². The molecule has 1 aliphatic rings. The van der Waals surface area contributed by atoms with Crippen molar-refractivity contribution >= 4 is 27.8 Å². The molecule has 1 saturated heterocycles. The van der Waals surface area contributed by atoms with Gasteiger partial charge in [0, 0.05) is 43.6 Å². The first kappa shape index (κ1) is 17.7. The number of hydrogen-bond acceptors (Lipinski definition) is 2. The van der Waals surface area contributed by atoms with E-state index in [-0.39, 0.29) is 17.8 Å². The maximum Gasteiger partial charge on any atom is 0.222 e. The summed E-state index contributed by atoms with van der Waals surface area (Å²) in [6.07, 6.45) is 1.44. The number of carbonyl (C=O) groups excluding carboxylic acids is 1. The molecule has 126 valence electrons. The van der Waals surface area contributed by atoms with Crippen molar-refractivity contribution in [2.45, 2.75) is 32.4 Å². The van der Waals surface area contributed by atoms with Crippen LogP contribution < -0.4 is 10.6 Å². The highest BCUT2D eigenvalue weighted by atomic mass is 79.9. The molecular weight excluding hydrogens is 363 g/mol. The van der Waals surface area contributed by atoms with Crippen LogP contribution in [0.4, 0.5) is 4.39 Å². The summed E-state index contributed by atoms with van der Waals surface area (Å²) in [5.74, 6) is 0.562. The summed E-state index contributed by atoms with van der Waals surface area (Å²) in [7, 11) is 1.70. The van der Waals surface area contributed by atoms with Crippen LogP contribution in [-0.4, -0.2) is 42.9 Å². The Bertz CT molecular complexity index is 573. The number of halogens is 2. The van der Waals surface area contributed by atoms with E-state index >= 15 is 0 Å². The standard InChI is InChI=1S/C16H22BrFN4O/c1-3-15(23)22-5-4-14(10-22)21-16(19-2)20-9-11-6-12(17)8-13(18)7-11/h6-8,14H,3-5,9-10H2,1-2H3,(H2,19,20,21). The van der Waals surface area contributed by atoms with E-state index in [1.165, 1.54) is 12.1 Å². The van der Waals surface area contributed by atoms with Crippen molar-refractivity contribution in [3.63, 3.8) is 0 Å². The van der Waals surface area contributed by atoms with Crippen LogP contribution in [0.25, 0.3) is 0 Å². The molecule has 0 aliphatic carbocycles. The highest BCUT2D eigenvalue weighted by molar-refractivity contribution is 9.10. The molecule has 5 nitrogen and oxygen atoms in total. The topological polar surface area (TPSA) is 56.7 Å². The fourth-order valence-electron chi connectivity index (χ4n) is 2.61. The van der Waals surface area contributed by atoms with Crippen LogP contribution in [0.5, 0.6) is 0 Å². The van der Waals surface area contributed by atoms with Gasteiger partial charge < -0.3 is 15.5 Å². The van der Waals surface area contributed by atoms with Gasteiger partial charge in [-0.15, -0.1) is 0 Å². The number of aliphatic imine (C=N–C) groups is 1. The van der Waals surface area contributed by atoms with Gasteiger partial charge in [0.05, 0.1) is 0 Å². The summed E-state index contributed by atoms with van der Waals surface area (Å²) < 4.78 is 14.1. The Balaban J connectivity index is 1.85. The van der Waals surface area contributed by atoms with Gasteiger partial charge >= 0.3 is 0 Å². The van der Waals surface area contributed by atoms with Crippen molar-refractivity contribution in [3.8, 4) is 0 Å². The number of benzene rings is 1. The van der Waals surface area contributed by atoms with Crippen molar-refractivity contribution in [2.75, 3.05) is 20.1 Å². The van der Waals surface area contributed by atoms with Gasteiger partial charge in [-0.25, -0.2) is 4.39 Å². The fraction of sp³-hybridized carbons (Fsp3) is 0.500. The number of rotatable bonds is 4. The Morgan fingerprint density at radius 2 is 2.26 bits per heavy atom.